The molecule has 3 amide bonds. The van der Waals surface area contributed by atoms with Crippen LogP contribution in [0, 0.1) is 19.3 Å². The monoisotopic (exact) mass is 586 g/mol. The van der Waals surface area contributed by atoms with Crippen molar-refractivity contribution >= 4 is 34.9 Å². The number of amides is 3. The number of anilines is 2. The highest BCUT2D eigenvalue weighted by atomic mass is 16.5. The number of piperidine rings is 1. The second-order valence-corrected chi connectivity index (χ2v) is 11.3. The Bertz CT molecular complexity index is 1700. The molecule has 2 fully saturated rings. The van der Waals surface area contributed by atoms with Gasteiger partial charge < -0.3 is 25.0 Å². The first-order valence-electron chi connectivity index (χ1n) is 14.3. The number of hydrogen-bond donors (Lipinski definition) is 2. The van der Waals surface area contributed by atoms with Crippen molar-refractivity contribution in [3.63, 3.8) is 0 Å². The van der Waals surface area contributed by atoms with Gasteiger partial charge in [0.15, 0.2) is 11.5 Å². The third-order valence-electron chi connectivity index (χ3n) is 8.04. The highest BCUT2D eigenvalue weighted by Gasteiger charge is 2.41. The summed E-state index contributed by atoms with van der Waals surface area (Å²) >= 11 is 0. The van der Waals surface area contributed by atoms with Gasteiger partial charge in [0.2, 0.25) is 17.7 Å². The summed E-state index contributed by atoms with van der Waals surface area (Å²) in [5, 5.41) is 14.3. The van der Waals surface area contributed by atoms with Gasteiger partial charge in [0.25, 0.3) is 5.91 Å². The number of benzene rings is 1. The number of fused-ring (bicyclic) bond motifs is 1. The molecule has 5 heterocycles. The molecular formula is C30H34N8O5. The van der Waals surface area contributed by atoms with E-state index in [9.17, 15) is 14.4 Å². The van der Waals surface area contributed by atoms with Crippen molar-refractivity contribution in [2.75, 3.05) is 36.9 Å². The minimum Gasteiger partial charge on any atom is -0.438 e. The molecule has 4 aromatic rings. The number of aryl methyl sites for hydroxylation is 3. The Morgan fingerprint density at radius 3 is 2.49 bits per heavy atom. The van der Waals surface area contributed by atoms with Gasteiger partial charge in [-0.25, -0.2) is 9.50 Å². The van der Waals surface area contributed by atoms with Crippen LogP contribution in [0.1, 0.15) is 47.4 Å². The van der Waals surface area contributed by atoms with Crippen LogP contribution >= 0.6 is 0 Å². The van der Waals surface area contributed by atoms with Gasteiger partial charge in [-0.3, -0.25) is 19.1 Å². The van der Waals surface area contributed by atoms with Gasteiger partial charge in [-0.1, -0.05) is 6.07 Å². The fraction of sp³-hybridized carbons (Fsp3) is 0.400. The van der Waals surface area contributed by atoms with Crippen molar-refractivity contribution in [1.29, 1.82) is 0 Å². The Morgan fingerprint density at radius 1 is 1.00 bits per heavy atom. The van der Waals surface area contributed by atoms with E-state index in [0.717, 1.165) is 50.4 Å². The highest BCUT2D eigenvalue weighted by Crippen LogP contribution is 2.38. The lowest BCUT2D eigenvalue weighted by molar-refractivity contribution is -0.153. The summed E-state index contributed by atoms with van der Waals surface area (Å²) in [6.07, 6.45) is 3.73. The lowest BCUT2D eigenvalue weighted by Crippen LogP contribution is -2.52. The maximum absolute atomic E-state index is 12.8. The van der Waals surface area contributed by atoms with Crippen LogP contribution in [-0.4, -0.2) is 73.3 Å². The topological polar surface area (TPSA) is 145 Å². The first-order chi connectivity index (χ1) is 20.7. The molecule has 0 atom stereocenters. The number of nitrogens with zero attached hydrogens (tertiary/aromatic N) is 6. The first kappa shape index (κ1) is 28.3. The normalized spacial score (nSPS) is 15.7. The summed E-state index contributed by atoms with van der Waals surface area (Å²) in [5.74, 6) is 0.548. The smallest absolute Gasteiger partial charge is 0.273 e. The van der Waals surface area contributed by atoms with Crippen LogP contribution in [0.4, 0.5) is 11.5 Å². The van der Waals surface area contributed by atoms with Crippen molar-refractivity contribution < 1.29 is 23.9 Å². The van der Waals surface area contributed by atoms with Crippen molar-refractivity contribution in [3.8, 4) is 11.6 Å². The molecule has 0 aliphatic carbocycles. The van der Waals surface area contributed by atoms with Crippen molar-refractivity contribution in [2.45, 2.75) is 39.5 Å². The van der Waals surface area contributed by atoms with Gasteiger partial charge in [0.1, 0.15) is 11.4 Å². The number of nitrogens with one attached hydrogen (secondary N) is 2. The number of rotatable bonds is 8. The zero-order valence-electron chi connectivity index (χ0n) is 24.4. The van der Waals surface area contributed by atoms with E-state index < -0.39 is 0 Å². The number of likely N-dealkylation sites (tertiary alicyclic amines) is 1. The van der Waals surface area contributed by atoms with E-state index >= 15 is 0 Å². The van der Waals surface area contributed by atoms with Crippen LogP contribution in [0.15, 0.2) is 42.6 Å². The highest BCUT2D eigenvalue weighted by molar-refractivity contribution is 6.03. The largest absolute Gasteiger partial charge is 0.438 e. The summed E-state index contributed by atoms with van der Waals surface area (Å²) in [6, 6.07) is 10.5. The molecule has 0 saturated carbocycles. The predicted molar refractivity (Wildman–Crippen MR) is 157 cm³/mol. The molecule has 1 spiro atoms. The molecule has 6 rings (SSSR count). The van der Waals surface area contributed by atoms with Crippen LogP contribution in [0.25, 0.3) is 5.65 Å². The predicted octanol–water partition coefficient (Wildman–Crippen LogP) is 3.48. The standard InChI is InChI=1S/C30H34N8O5/c1-19-4-5-21(15-22(19)31-29(41)23-14-20(2)34-36(23)3)43-27-8-6-25-32-24(16-38(25)35-27)33-26(39)7-9-28(40)37-12-10-30(11-13-37)17-42-18-30/h4-6,8,14-16H,7,9-13,17-18H2,1-3H3,(H,31,41)(H,33,39). The van der Waals surface area contributed by atoms with E-state index in [4.69, 9.17) is 9.47 Å². The van der Waals surface area contributed by atoms with Gasteiger partial charge in [-0.2, -0.15) is 5.10 Å². The number of aromatic nitrogens is 5. The molecular weight excluding hydrogens is 552 g/mol. The van der Waals surface area contributed by atoms with Crippen LogP contribution in [0.3, 0.4) is 0 Å². The van der Waals surface area contributed by atoms with Gasteiger partial charge in [0.05, 0.1) is 25.1 Å². The van der Waals surface area contributed by atoms with Gasteiger partial charge >= 0.3 is 0 Å². The zero-order chi connectivity index (χ0) is 30.1. The molecule has 2 aliphatic rings. The summed E-state index contributed by atoms with van der Waals surface area (Å²) in [4.78, 5) is 44.2. The number of ether oxygens (including phenoxy) is 2. The molecule has 2 N–H and O–H groups in total. The minimum absolute atomic E-state index is 0.00500. The van der Waals surface area contributed by atoms with Crippen molar-refractivity contribution in [2.24, 2.45) is 12.5 Å². The summed E-state index contributed by atoms with van der Waals surface area (Å²) in [5.41, 5.74) is 3.45. The molecule has 1 aromatic carbocycles. The molecule has 13 nitrogen and oxygen atoms in total. The van der Waals surface area contributed by atoms with Crippen LogP contribution < -0.4 is 15.4 Å². The number of imidazole rings is 1. The van der Waals surface area contributed by atoms with Gasteiger partial charge in [-0.05, 0) is 50.5 Å². The Labute approximate surface area is 248 Å². The van der Waals surface area contributed by atoms with E-state index in [-0.39, 0.29) is 36.0 Å². The Morgan fingerprint density at radius 2 is 1.79 bits per heavy atom. The van der Waals surface area contributed by atoms with Crippen LogP contribution in [-0.2, 0) is 21.4 Å². The number of hydrogen-bond acceptors (Lipinski definition) is 8. The summed E-state index contributed by atoms with van der Waals surface area (Å²) < 4.78 is 14.4. The molecule has 43 heavy (non-hydrogen) atoms. The van der Waals surface area contributed by atoms with E-state index in [0.29, 0.717) is 34.5 Å². The lowest BCUT2D eigenvalue weighted by atomic mass is 9.77. The van der Waals surface area contributed by atoms with Gasteiger partial charge in [-0.15, -0.1) is 5.10 Å². The maximum atomic E-state index is 12.8. The van der Waals surface area contributed by atoms with Crippen molar-refractivity contribution in [1.82, 2.24) is 29.3 Å². The quantitative estimate of drug-likeness (QED) is 0.319. The van der Waals surface area contributed by atoms with Crippen molar-refractivity contribution in [3.05, 3.63) is 59.5 Å². The van der Waals surface area contributed by atoms with E-state index in [1.54, 1.807) is 43.6 Å². The zero-order valence-corrected chi connectivity index (χ0v) is 24.4. The summed E-state index contributed by atoms with van der Waals surface area (Å²) in [6.45, 7) is 6.74. The molecule has 0 radical (unpaired) electrons. The molecule has 2 saturated heterocycles. The second-order valence-electron chi connectivity index (χ2n) is 11.3. The van der Waals surface area contributed by atoms with E-state index in [2.05, 4.69) is 25.8 Å². The van der Waals surface area contributed by atoms with Crippen LogP contribution in [0.2, 0.25) is 0 Å². The first-order valence-corrected chi connectivity index (χ1v) is 14.3. The average molecular weight is 587 g/mol. The Balaban J connectivity index is 1.04. The van der Waals surface area contributed by atoms with E-state index in [1.165, 1.54) is 9.20 Å². The SMILES string of the molecule is Cc1cc(C(=O)Nc2cc(Oc3ccc4nc(NC(=O)CCC(=O)N5CCC6(CC5)COC6)cn4n3)ccc2C)n(C)n1. The molecule has 0 unspecified atom stereocenters. The number of carbonyl (C=O) groups excluding carboxylic acids is 3. The average Bonchev–Trinajstić information content (AvgIpc) is 3.53. The van der Waals surface area contributed by atoms with Gasteiger partial charge in [0, 0.05) is 56.2 Å². The second kappa shape index (κ2) is 11.5. The molecule has 3 aromatic heterocycles. The third-order valence-corrected chi connectivity index (χ3v) is 8.04. The molecule has 13 heteroatoms. The maximum Gasteiger partial charge on any atom is 0.273 e. The molecule has 0 bridgehead atoms. The fourth-order valence-corrected chi connectivity index (χ4v) is 5.40. The Kier molecular flexibility index (Phi) is 7.57. The lowest BCUT2D eigenvalue weighted by Gasteiger charge is -2.47. The third kappa shape index (κ3) is 6.21. The van der Waals surface area contributed by atoms with Crippen LogP contribution in [0.5, 0.6) is 11.6 Å². The Hall–Kier alpha value is -4.78. The van der Waals surface area contributed by atoms with E-state index in [1.807, 2.05) is 24.8 Å². The molecule has 224 valence electrons. The number of carbonyl (C=O) groups is 3. The minimum atomic E-state index is -0.287. The fourth-order valence-electron chi connectivity index (χ4n) is 5.40. The molecule has 2 aliphatic heterocycles. The summed E-state index contributed by atoms with van der Waals surface area (Å²) in [7, 11) is 1.72.